The predicted octanol–water partition coefficient (Wildman–Crippen LogP) is 0.770. The van der Waals surface area contributed by atoms with E-state index < -0.39 is 11.9 Å². The number of primary amides is 1. The number of nitrogens with one attached hydrogen (secondary N) is 2. The van der Waals surface area contributed by atoms with Crippen LogP contribution in [0.1, 0.15) is 36.0 Å². The lowest BCUT2D eigenvalue weighted by molar-refractivity contribution is -0.135. The summed E-state index contributed by atoms with van der Waals surface area (Å²) in [5.74, 6) is -0.963. The van der Waals surface area contributed by atoms with E-state index in [0.29, 0.717) is 24.7 Å². The van der Waals surface area contributed by atoms with Gasteiger partial charge in [-0.1, -0.05) is 6.07 Å². The number of nitrogens with two attached hydrogens (primary N) is 1. The van der Waals surface area contributed by atoms with Crippen molar-refractivity contribution in [2.45, 2.75) is 37.8 Å². The third-order valence-corrected chi connectivity index (χ3v) is 6.93. The Labute approximate surface area is 194 Å². The zero-order chi connectivity index (χ0) is 23.4. The summed E-state index contributed by atoms with van der Waals surface area (Å²) in [6.07, 6.45) is 4.37. The molecule has 2 saturated heterocycles. The van der Waals surface area contributed by atoms with Gasteiger partial charge < -0.3 is 25.8 Å². The first-order valence-corrected chi connectivity index (χ1v) is 11.8. The van der Waals surface area contributed by atoms with E-state index in [4.69, 9.17) is 5.73 Å². The molecule has 1 atom stereocenters. The number of rotatable bonds is 7. The molecular weight excluding hydrogens is 420 g/mol. The Balaban J connectivity index is 1.38. The van der Waals surface area contributed by atoms with E-state index in [1.165, 1.54) is 0 Å². The summed E-state index contributed by atoms with van der Waals surface area (Å²) in [4.78, 5) is 47.3. The molecule has 3 amide bonds. The number of aromatic amines is 1. The average Bonchev–Trinajstić information content (AvgIpc) is 3.29. The van der Waals surface area contributed by atoms with E-state index in [-0.39, 0.29) is 24.7 Å². The summed E-state index contributed by atoms with van der Waals surface area (Å²) in [7, 11) is 2.16. The summed E-state index contributed by atoms with van der Waals surface area (Å²) < 4.78 is 0. The number of carbonyl (C=O) groups is 3. The minimum atomic E-state index is -0.779. The highest BCUT2D eigenvalue weighted by Crippen LogP contribution is 2.19. The second-order valence-electron chi connectivity index (χ2n) is 9.21. The van der Waals surface area contributed by atoms with E-state index in [1.54, 1.807) is 12.1 Å². The molecule has 1 aromatic carbocycles. The Morgan fingerprint density at radius 1 is 1.09 bits per heavy atom. The fraction of sp³-hybridized carbons (Fsp3) is 0.542. The number of amides is 3. The Bertz CT molecular complexity index is 989. The molecule has 0 bridgehead atoms. The molecule has 9 nitrogen and oxygen atoms in total. The molecule has 9 heteroatoms. The number of piperidine rings is 1. The van der Waals surface area contributed by atoms with Crippen molar-refractivity contribution < 1.29 is 14.4 Å². The molecule has 0 spiro atoms. The fourth-order valence-electron chi connectivity index (χ4n) is 4.86. The number of carbonyl (C=O) groups excluding carboxylic acids is 3. The highest BCUT2D eigenvalue weighted by molar-refractivity contribution is 6.00. The summed E-state index contributed by atoms with van der Waals surface area (Å²) in [6.45, 7) is 5.14. The largest absolute Gasteiger partial charge is 0.370 e. The van der Waals surface area contributed by atoms with Crippen LogP contribution in [0.15, 0.2) is 30.5 Å². The van der Waals surface area contributed by atoms with E-state index in [2.05, 4.69) is 27.1 Å². The zero-order valence-electron chi connectivity index (χ0n) is 19.3. The molecule has 0 radical (unpaired) electrons. The lowest BCUT2D eigenvalue weighted by Crippen LogP contribution is -2.57. The van der Waals surface area contributed by atoms with Crippen LogP contribution in [0.5, 0.6) is 0 Å². The lowest BCUT2D eigenvalue weighted by Gasteiger charge is -2.42. The molecule has 0 aliphatic carbocycles. The van der Waals surface area contributed by atoms with Gasteiger partial charge in [-0.3, -0.25) is 19.3 Å². The SMILES string of the molecule is CN1CCC(N2CCN(C(=O)[C@@H](CCC(N)=O)NC(=O)c3ccc4cc[nH]c4c3)CC2)CC1. The van der Waals surface area contributed by atoms with Gasteiger partial charge in [0.2, 0.25) is 11.8 Å². The average molecular weight is 455 g/mol. The highest BCUT2D eigenvalue weighted by Gasteiger charge is 2.32. The number of hydrogen-bond acceptors (Lipinski definition) is 5. The second kappa shape index (κ2) is 10.4. The summed E-state index contributed by atoms with van der Waals surface area (Å²) in [5, 5.41) is 3.86. The van der Waals surface area contributed by atoms with Crippen molar-refractivity contribution in [1.29, 1.82) is 0 Å². The van der Waals surface area contributed by atoms with Gasteiger partial charge in [-0.05, 0) is 63.0 Å². The van der Waals surface area contributed by atoms with Crippen LogP contribution in [-0.2, 0) is 9.59 Å². The van der Waals surface area contributed by atoms with Crippen LogP contribution in [0.3, 0.4) is 0 Å². The van der Waals surface area contributed by atoms with Crippen molar-refractivity contribution in [3.63, 3.8) is 0 Å². The number of nitrogens with zero attached hydrogens (tertiary/aromatic N) is 3. The normalized spacial score (nSPS) is 19.5. The minimum absolute atomic E-state index is 0.0436. The number of likely N-dealkylation sites (tertiary alicyclic amines) is 1. The van der Waals surface area contributed by atoms with E-state index in [0.717, 1.165) is 49.9 Å². The monoisotopic (exact) mass is 454 g/mol. The number of fused-ring (bicyclic) bond motifs is 1. The smallest absolute Gasteiger partial charge is 0.252 e. The number of aromatic nitrogens is 1. The zero-order valence-corrected chi connectivity index (χ0v) is 19.3. The molecule has 2 fully saturated rings. The first-order chi connectivity index (χ1) is 15.9. The topological polar surface area (TPSA) is 115 Å². The standard InChI is InChI=1S/C24H34N6O3/c1-28-10-7-19(8-11-28)29-12-14-30(15-13-29)24(33)20(4-5-22(25)31)27-23(32)18-3-2-17-6-9-26-21(17)16-18/h2-3,6,9,16,19-20,26H,4-5,7-8,10-15H2,1H3,(H2,25,31)(H,27,32)/t20-/m1/s1. The van der Waals surface area contributed by atoms with Crippen LogP contribution in [0, 0.1) is 0 Å². The maximum Gasteiger partial charge on any atom is 0.252 e. The minimum Gasteiger partial charge on any atom is -0.370 e. The molecule has 0 unspecified atom stereocenters. The van der Waals surface area contributed by atoms with Crippen molar-refractivity contribution in [3.8, 4) is 0 Å². The quantitative estimate of drug-likeness (QED) is 0.572. The summed E-state index contributed by atoms with van der Waals surface area (Å²) in [6, 6.07) is 7.10. The Kier molecular flexibility index (Phi) is 7.29. The van der Waals surface area contributed by atoms with Crippen LogP contribution in [0.25, 0.3) is 10.9 Å². The van der Waals surface area contributed by atoms with Crippen molar-refractivity contribution in [2.75, 3.05) is 46.3 Å². The van der Waals surface area contributed by atoms with Crippen LogP contribution in [0.2, 0.25) is 0 Å². The van der Waals surface area contributed by atoms with Crippen LogP contribution >= 0.6 is 0 Å². The number of piperazine rings is 1. The number of benzene rings is 1. The van der Waals surface area contributed by atoms with Gasteiger partial charge in [0.15, 0.2) is 0 Å². The molecule has 178 valence electrons. The number of hydrogen-bond donors (Lipinski definition) is 3. The van der Waals surface area contributed by atoms with Crippen LogP contribution in [0.4, 0.5) is 0 Å². The van der Waals surface area contributed by atoms with Gasteiger partial charge in [-0.25, -0.2) is 0 Å². The molecule has 2 aromatic rings. The van der Waals surface area contributed by atoms with E-state index in [1.807, 2.05) is 23.2 Å². The van der Waals surface area contributed by atoms with Gasteiger partial charge in [-0.15, -0.1) is 0 Å². The molecular formula is C24H34N6O3. The van der Waals surface area contributed by atoms with Crippen molar-refractivity contribution >= 4 is 28.6 Å². The van der Waals surface area contributed by atoms with E-state index in [9.17, 15) is 14.4 Å². The third-order valence-electron chi connectivity index (χ3n) is 6.93. The first-order valence-electron chi connectivity index (χ1n) is 11.8. The van der Waals surface area contributed by atoms with Gasteiger partial charge in [0.1, 0.15) is 6.04 Å². The molecule has 2 aliphatic rings. The highest BCUT2D eigenvalue weighted by atomic mass is 16.2. The maximum atomic E-state index is 13.3. The maximum absolute atomic E-state index is 13.3. The van der Waals surface area contributed by atoms with Gasteiger partial charge in [-0.2, -0.15) is 0 Å². The molecule has 2 aliphatic heterocycles. The van der Waals surface area contributed by atoms with Gasteiger partial charge >= 0.3 is 0 Å². The number of H-pyrrole nitrogens is 1. The Hall–Kier alpha value is -2.91. The second-order valence-corrected chi connectivity index (χ2v) is 9.21. The van der Waals surface area contributed by atoms with E-state index >= 15 is 0 Å². The summed E-state index contributed by atoms with van der Waals surface area (Å²) >= 11 is 0. The van der Waals surface area contributed by atoms with Gasteiger partial charge in [0.05, 0.1) is 0 Å². The fourth-order valence-corrected chi connectivity index (χ4v) is 4.86. The Morgan fingerprint density at radius 3 is 2.52 bits per heavy atom. The molecule has 4 N–H and O–H groups in total. The summed E-state index contributed by atoms with van der Waals surface area (Å²) in [5.41, 5.74) is 6.65. The third kappa shape index (κ3) is 5.72. The van der Waals surface area contributed by atoms with Crippen LogP contribution in [-0.4, -0.2) is 95.8 Å². The van der Waals surface area contributed by atoms with Crippen molar-refractivity contribution in [2.24, 2.45) is 5.73 Å². The van der Waals surface area contributed by atoms with Crippen molar-refractivity contribution in [3.05, 3.63) is 36.0 Å². The molecule has 3 heterocycles. The van der Waals surface area contributed by atoms with Gasteiger partial charge in [0.25, 0.3) is 5.91 Å². The predicted molar refractivity (Wildman–Crippen MR) is 127 cm³/mol. The molecule has 4 rings (SSSR count). The van der Waals surface area contributed by atoms with Gasteiger partial charge in [0, 0.05) is 55.9 Å². The van der Waals surface area contributed by atoms with Crippen LogP contribution < -0.4 is 11.1 Å². The molecule has 0 saturated carbocycles. The van der Waals surface area contributed by atoms with Crippen molar-refractivity contribution in [1.82, 2.24) is 25.0 Å². The Morgan fingerprint density at radius 2 is 1.82 bits per heavy atom. The first kappa shape index (κ1) is 23.3. The lowest BCUT2D eigenvalue weighted by atomic mass is 10.0. The molecule has 33 heavy (non-hydrogen) atoms. The molecule has 1 aromatic heterocycles.